The molecular weight excluding hydrogens is 488 g/mol. The fourth-order valence-corrected chi connectivity index (χ4v) is 4.97. The first-order valence-corrected chi connectivity index (χ1v) is 12.6. The van der Waals surface area contributed by atoms with Crippen LogP contribution >= 0.6 is 0 Å². The summed E-state index contributed by atoms with van der Waals surface area (Å²) in [6.07, 6.45) is 0. The van der Waals surface area contributed by atoms with Gasteiger partial charge in [-0.15, -0.1) is 0 Å². The number of amides is 2. The van der Waals surface area contributed by atoms with E-state index in [-0.39, 0.29) is 17.1 Å². The van der Waals surface area contributed by atoms with Gasteiger partial charge in [-0.1, -0.05) is 29.8 Å². The fraction of sp³-hybridized carbons (Fsp3) is 0.231. The number of nitrogens with zero attached hydrogens (tertiary/aromatic N) is 2. The second kappa shape index (κ2) is 11.3. The van der Waals surface area contributed by atoms with Gasteiger partial charge in [0.05, 0.1) is 10.6 Å². The highest BCUT2D eigenvalue weighted by molar-refractivity contribution is 7.92. The number of rotatable bonds is 9. The number of carbonyl (C=O) groups is 2. The maximum Gasteiger partial charge on any atom is 0.264 e. The van der Waals surface area contributed by atoms with Gasteiger partial charge < -0.3 is 10.2 Å². The lowest BCUT2D eigenvalue weighted by Crippen LogP contribution is -2.50. The van der Waals surface area contributed by atoms with Crippen LogP contribution < -0.4 is 9.62 Å². The van der Waals surface area contributed by atoms with E-state index >= 15 is 0 Å². The summed E-state index contributed by atoms with van der Waals surface area (Å²) in [6, 6.07) is 15.3. The van der Waals surface area contributed by atoms with Crippen LogP contribution in [0.2, 0.25) is 0 Å². The molecule has 0 aliphatic carbocycles. The Morgan fingerprint density at radius 3 is 1.94 bits per heavy atom. The predicted molar refractivity (Wildman–Crippen MR) is 133 cm³/mol. The number of anilines is 1. The standard InChI is InChI=1S/C26H27F2N3O4S/c1-18-4-14-24(15-5-18)36(34,35)31(23-12-10-22(28)11-13-23)17-25(32)30(19(2)26(33)29-3)16-20-6-8-21(27)9-7-20/h4-15,19H,16-17H2,1-3H3,(H,29,33). The number of sulfonamides is 1. The first kappa shape index (κ1) is 26.8. The van der Waals surface area contributed by atoms with Crippen molar-refractivity contribution in [3.63, 3.8) is 0 Å². The Hall–Kier alpha value is -3.79. The van der Waals surface area contributed by atoms with E-state index in [1.165, 1.54) is 67.4 Å². The number of hydrogen-bond donors (Lipinski definition) is 1. The van der Waals surface area contributed by atoms with Gasteiger partial charge in [-0.2, -0.15) is 0 Å². The lowest BCUT2D eigenvalue weighted by atomic mass is 10.1. The number of carbonyl (C=O) groups excluding carboxylic acids is 2. The number of hydrogen-bond acceptors (Lipinski definition) is 4. The Morgan fingerprint density at radius 1 is 0.889 bits per heavy atom. The lowest BCUT2D eigenvalue weighted by molar-refractivity contribution is -0.139. The van der Waals surface area contributed by atoms with E-state index in [4.69, 9.17) is 0 Å². The molecule has 0 heterocycles. The van der Waals surface area contributed by atoms with Gasteiger partial charge in [0.25, 0.3) is 10.0 Å². The number of likely N-dealkylation sites (N-methyl/N-ethyl adjacent to an activating group) is 1. The number of aryl methyl sites for hydroxylation is 1. The van der Waals surface area contributed by atoms with Crippen LogP contribution in [-0.2, 0) is 26.2 Å². The monoisotopic (exact) mass is 515 g/mol. The molecule has 3 rings (SSSR count). The Balaban J connectivity index is 2.01. The summed E-state index contributed by atoms with van der Waals surface area (Å²) < 4.78 is 55.0. The average Bonchev–Trinajstić information content (AvgIpc) is 2.86. The molecule has 1 atom stereocenters. The van der Waals surface area contributed by atoms with Crippen molar-refractivity contribution in [2.24, 2.45) is 0 Å². The average molecular weight is 516 g/mol. The molecule has 0 fully saturated rings. The van der Waals surface area contributed by atoms with Crippen LogP contribution in [0.3, 0.4) is 0 Å². The van der Waals surface area contributed by atoms with Crippen molar-refractivity contribution in [2.75, 3.05) is 17.9 Å². The van der Waals surface area contributed by atoms with Crippen LogP contribution in [-0.4, -0.2) is 44.8 Å². The quantitative estimate of drug-likeness (QED) is 0.472. The topological polar surface area (TPSA) is 86.8 Å². The summed E-state index contributed by atoms with van der Waals surface area (Å²) in [7, 11) is -2.81. The highest BCUT2D eigenvalue weighted by Gasteiger charge is 2.32. The maximum absolute atomic E-state index is 13.6. The van der Waals surface area contributed by atoms with E-state index in [9.17, 15) is 26.8 Å². The molecule has 10 heteroatoms. The Bertz CT molecular complexity index is 1310. The normalized spacial score (nSPS) is 12.0. The molecule has 7 nitrogen and oxygen atoms in total. The van der Waals surface area contributed by atoms with Crippen molar-refractivity contribution in [1.29, 1.82) is 0 Å². The zero-order chi connectivity index (χ0) is 26.5. The highest BCUT2D eigenvalue weighted by atomic mass is 32.2. The van der Waals surface area contributed by atoms with Gasteiger partial charge in [-0.05, 0) is 67.9 Å². The Morgan fingerprint density at radius 2 is 1.42 bits per heavy atom. The van der Waals surface area contributed by atoms with E-state index in [1.807, 2.05) is 6.92 Å². The first-order chi connectivity index (χ1) is 17.0. The molecule has 36 heavy (non-hydrogen) atoms. The fourth-order valence-electron chi connectivity index (χ4n) is 3.55. The highest BCUT2D eigenvalue weighted by Crippen LogP contribution is 2.25. The molecular formula is C26H27F2N3O4S. The third-order valence-electron chi connectivity index (χ3n) is 5.68. The van der Waals surface area contributed by atoms with Gasteiger partial charge in [0, 0.05) is 13.6 Å². The van der Waals surface area contributed by atoms with Gasteiger partial charge >= 0.3 is 0 Å². The molecule has 0 bridgehead atoms. The van der Waals surface area contributed by atoms with Crippen LogP contribution in [0.5, 0.6) is 0 Å². The van der Waals surface area contributed by atoms with Crippen LogP contribution in [0, 0.1) is 18.6 Å². The van der Waals surface area contributed by atoms with E-state index in [1.54, 1.807) is 12.1 Å². The molecule has 0 saturated carbocycles. The van der Waals surface area contributed by atoms with Crippen molar-refractivity contribution < 1.29 is 26.8 Å². The third-order valence-corrected chi connectivity index (χ3v) is 7.47. The second-order valence-electron chi connectivity index (χ2n) is 8.24. The zero-order valence-corrected chi connectivity index (χ0v) is 20.9. The summed E-state index contributed by atoms with van der Waals surface area (Å²) in [5.41, 5.74) is 1.48. The van der Waals surface area contributed by atoms with Crippen molar-refractivity contribution in [3.05, 3.63) is 95.6 Å². The van der Waals surface area contributed by atoms with Crippen LogP contribution in [0.4, 0.5) is 14.5 Å². The second-order valence-corrected chi connectivity index (χ2v) is 10.1. The molecule has 3 aromatic rings. The molecule has 1 unspecified atom stereocenters. The Labute approximate surface area is 209 Å². The predicted octanol–water partition coefficient (Wildman–Crippen LogP) is 3.63. The van der Waals surface area contributed by atoms with Gasteiger partial charge in [0.2, 0.25) is 11.8 Å². The van der Waals surface area contributed by atoms with Crippen LogP contribution in [0.15, 0.2) is 77.7 Å². The van der Waals surface area contributed by atoms with Gasteiger partial charge in [0.15, 0.2) is 0 Å². The molecule has 0 radical (unpaired) electrons. The van der Waals surface area contributed by atoms with Crippen molar-refractivity contribution in [2.45, 2.75) is 31.3 Å². The van der Waals surface area contributed by atoms with Crippen molar-refractivity contribution in [1.82, 2.24) is 10.2 Å². The molecule has 0 saturated heterocycles. The van der Waals surface area contributed by atoms with Gasteiger partial charge in [-0.25, -0.2) is 17.2 Å². The smallest absolute Gasteiger partial charge is 0.264 e. The third kappa shape index (κ3) is 6.25. The minimum atomic E-state index is -4.23. The zero-order valence-electron chi connectivity index (χ0n) is 20.1. The lowest BCUT2D eigenvalue weighted by Gasteiger charge is -2.31. The maximum atomic E-state index is 13.6. The summed E-state index contributed by atoms with van der Waals surface area (Å²) >= 11 is 0. The van der Waals surface area contributed by atoms with E-state index in [0.717, 1.165) is 22.0 Å². The summed E-state index contributed by atoms with van der Waals surface area (Å²) in [6.45, 7) is 2.61. The first-order valence-electron chi connectivity index (χ1n) is 11.1. The minimum absolute atomic E-state index is 0.0466. The SMILES string of the molecule is CNC(=O)C(C)N(Cc1ccc(F)cc1)C(=O)CN(c1ccc(F)cc1)S(=O)(=O)c1ccc(C)cc1. The summed E-state index contributed by atoms with van der Waals surface area (Å²) in [5.74, 6) is -2.15. The summed E-state index contributed by atoms with van der Waals surface area (Å²) in [4.78, 5) is 27.1. The van der Waals surface area contributed by atoms with E-state index < -0.39 is 46.1 Å². The molecule has 0 aliphatic heterocycles. The van der Waals surface area contributed by atoms with E-state index in [2.05, 4.69) is 5.32 Å². The molecule has 3 aromatic carbocycles. The Kier molecular flexibility index (Phi) is 8.41. The largest absolute Gasteiger partial charge is 0.357 e. The molecule has 2 amide bonds. The van der Waals surface area contributed by atoms with Crippen molar-refractivity contribution >= 4 is 27.5 Å². The van der Waals surface area contributed by atoms with Gasteiger partial charge in [-0.3, -0.25) is 13.9 Å². The minimum Gasteiger partial charge on any atom is -0.357 e. The molecule has 190 valence electrons. The number of nitrogens with one attached hydrogen (secondary N) is 1. The molecule has 1 N–H and O–H groups in total. The number of benzene rings is 3. The molecule has 0 aromatic heterocycles. The molecule has 0 aliphatic rings. The van der Waals surface area contributed by atoms with E-state index in [0.29, 0.717) is 5.56 Å². The van der Waals surface area contributed by atoms with Crippen LogP contribution in [0.25, 0.3) is 0 Å². The summed E-state index contributed by atoms with van der Waals surface area (Å²) in [5, 5.41) is 2.48. The molecule has 0 spiro atoms. The van der Waals surface area contributed by atoms with Crippen molar-refractivity contribution in [3.8, 4) is 0 Å². The van der Waals surface area contributed by atoms with Crippen LogP contribution in [0.1, 0.15) is 18.1 Å². The number of halogens is 2. The van der Waals surface area contributed by atoms with Gasteiger partial charge in [0.1, 0.15) is 24.2 Å².